The summed E-state index contributed by atoms with van der Waals surface area (Å²) in [5.41, 5.74) is 3.93. The molecule has 0 fully saturated rings. The molecule has 192 valence electrons. The maximum absolute atomic E-state index is 11.7. The number of rotatable bonds is 10. The Bertz CT molecular complexity index is 1390. The molecule has 4 aromatic rings. The molecule has 10 nitrogen and oxygen atoms in total. The molecule has 0 bridgehead atoms. The molecule has 38 heavy (non-hydrogen) atoms. The predicted octanol–water partition coefficient (Wildman–Crippen LogP) is 7.52. The summed E-state index contributed by atoms with van der Waals surface area (Å²) < 4.78 is 9.81. The number of nitrogens with one attached hydrogen (secondary N) is 3. The lowest BCUT2D eigenvalue weighted by molar-refractivity contribution is 0.0800. The standard InChI is InChI=1S/C25H17I3N6O4/c1-14(37-27)15-2-8-18(9-3-15)29-23-32-24(30-19-10-4-16(5-11-19)21(26)35)34-25(33-23)31-20-12-6-17(7-13-20)22(36)38-28/h2-13H,1H2,(H3,29,30,31,32,33,34). The van der Waals surface area contributed by atoms with Gasteiger partial charge in [-0.3, -0.25) is 4.79 Å². The second-order valence-corrected chi connectivity index (χ2v) is 9.41. The fourth-order valence-corrected chi connectivity index (χ4v) is 4.00. The molecule has 0 unspecified atom stereocenters. The first-order chi connectivity index (χ1) is 18.3. The smallest absolute Gasteiger partial charge is 0.347 e. The molecule has 1 heterocycles. The van der Waals surface area contributed by atoms with Crippen molar-refractivity contribution >= 4 is 119 Å². The summed E-state index contributed by atoms with van der Waals surface area (Å²) in [6.45, 7) is 3.85. The zero-order valence-corrected chi connectivity index (χ0v) is 25.7. The predicted molar refractivity (Wildman–Crippen MR) is 171 cm³/mol. The number of anilines is 6. The fraction of sp³-hybridized carbons (Fsp3) is 0. The van der Waals surface area contributed by atoms with Crippen LogP contribution >= 0.6 is 68.6 Å². The van der Waals surface area contributed by atoms with Gasteiger partial charge in [-0.15, -0.1) is 0 Å². The van der Waals surface area contributed by atoms with Crippen molar-refractivity contribution in [1.29, 1.82) is 0 Å². The van der Waals surface area contributed by atoms with E-state index in [1.54, 1.807) is 117 Å². The molecule has 13 heteroatoms. The zero-order chi connectivity index (χ0) is 27.1. The first-order valence-electron chi connectivity index (χ1n) is 10.7. The van der Waals surface area contributed by atoms with E-state index in [0.717, 1.165) is 11.3 Å². The topological polar surface area (TPSA) is 127 Å². The third-order valence-corrected chi connectivity index (χ3v) is 6.56. The van der Waals surface area contributed by atoms with Gasteiger partial charge >= 0.3 is 5.97 Å². The van der Waals surface area contributed by atoms with E-state index < -0.39 is 5.97 Å². The molecule has 0 aliphatic carbocycles. The summed E-state index contributed by atoms with van der Waals surface area (Å²) in [6, 6.07) is 21.1. The highest BCUT2D eigenvalue weighted by molar-refractivity contribution is 14.1. The number of nitrogens with zero attached hydrogens (tertiary/aromatic N) is 3. The van der Waals surface area contributed by atoms with E-state index in [9.17, 15) is 9.59 Å². The SMILES string of the molecule is C=C(OI)c1ccc(Nc2nc(Nc3ccc(C(=O)I)cc3)nc(Nc3ccc(C(=O)OI)cc3)n2)cc1. The summed E-state index contributed by atoms with van der Waals surface area (Å²) in [6.07, 6.45) is 0. The van der Waals surface area contributed by atoms with Crippen LogP contribution in [0, 0.1) is 0 Å². The van der Waals surface area contributed by atoms with Crippen LogP contribution in [0.2, 0.25) is 0 Å². The molecule has 0 amide bonds. The van der Waals surface area contributed by atoms with Gasteiger partial charge in [-0.05, 0) is 72.8 Å². The number of aromatic nitrogens is 3. The molecular weight excluding hydrogens is 829 g/mol. The van der Waals surface area contributed by atoms with Crippen LogP contribution in [0.3, 0.4) is 0 Å². The molecule has 0 atom stereocenters. The average Bonchev–Trinajstić information content (AvgIpc) is 2.93. The van der Waals surface area contributed by atoms with Gasteiger partial charge in [-0.2, -0.15) is 15.0 Å². The van der Waals surface area contributed by atoms with E-state index in [0.29, 0.717) is 28.3 Å². The zero-order valence-electron chi connectivity index (χ0n) is 19.2. The van der Waals surface area contributed by atoms with Gasteiger partial charge in [0.05, 0.1) is 5.56 Å². The second-order valence-electron chi connectivity index (χ2n) is 7.55. The van der Waals surface area contributed by atoms with Crippen molar-refractivity contribution in [2.24, 2.45) is 0 Å². The van der Waals surface area contributed by atoms with Gasteiger partial charge in [0.25, 0.3) is 0 Å². The molecule has 0 spiro atoms. The van der Waals surface area contributed by atoms with Crippen molar-refractivity contribution in [3.8, 4) is 0 Å². The summed E-state index contributed by atoms with van der Waals surface area (Å²) in [4.78, 5) is 36.7. The van der Waals surface area contributed by atoms with Crippen molar-refractivity contribution in [3.63, 3.8) is 0 Å². The maximum atomic E-state index is 11.7. The summed E-state index contributed by atoms with van der Waals surface area (Å²) >= 11 is 5.07. The monoisotopic (exact) mass is 846 g/mol. The van der Waals surface area contributed by atoms with Crippen LogP contribution in [-0.4, -0.2) is 24.7 Å². The summed E-state index contributed by atoms with van der Waals surface area (Å²) in [5, 5.41) is 9.44. The van der Waals surface area contributed by atoms with Crippen molar-refractivity contribution in [2.45, 2.75) is 0 Å². The Hall–Kier alpha value is -3.06. The highest BCUT2D eigenvalue weighted by atomic mass is 127. The van der Waals surface area contributed by atoms with E-state index in [-0.39, 0.29) is 21.6 Å². The van der Waals surface area contributed by atoms with Gasteiger partial charge in [0.1, 0.15) is 5.76 Å². The van der Waals surface area contributed by atoms with Gasteiger partial charge in [-0.25, -0.2) is 4.79 Å². The Kier molecular flexibility index (Phi) is 9.67. The van der Waals surface area contributed by atoms with E-state index >= 15 is 0 Å². The molecule has 3 aromatic carbocycles. The Morgan fingerprint density at radius 2 is 0.974 bits per heavy atom. The molecule has 0 aliphatic rings. The molecule has 0 saturated heterocycles. The van der Waals surface area contributed by atoms with Crippen molar-refractivity contribution in [2.75, 3.05) is 16.0 Å². The van der Waals surface area contributed by atoms with Crippen LogP contribution in [0.5, 0.6) is 0 Å². The van der Waals surface area contributed by atoms with E-state index in [4.69, 9.17) is 6.13 Å². The minimum Gasteiger partial charge on any atom is -0.428 e. The Balaban J connectivity index is 1.61. The molecule has 3 N–H and O–H groups in total. The molecule has 0 radical (unpaired) electrons. The molecule has 0 aliphatic heterocycles. The summed E-state index contributed by atoms with van der Waals surface area (Å²) in [7, 11) is 0. The molecular formula is C25H17I3N6O4. The van der Waals surface area contributed by atoms with E-state index in [1.807, 2.05) is 24.3 Å². The fourth-order valence-electron chi connectivity index (χ4n) is 3.13. The normalized spacial score (nSPS) is 10.3. The van der Waals surface area contributed by atoms with Gasteiger partial charge in [-0.1, -0.05) is 6.58 Å². The average molecular weight is 846 g/mol. The second kappa shape index (κ2) is 13.1. The number of carbonyl (C=O) groups excluding carboxylic acids is 2. The third-order valence-electron chi connectivity index (χ3n) is 5.01. The van der Waals surface area contributed by atoms with Crippen LogP contribution in [0.1, 0.15) is 26.3 Å². The van der Waals surface area contributed by atoms with Gasteiger partial charge < -0.3 is 22.1 Å². The van der Waals surface area contributed by atoms with Gasteiger partial charge in [0.2, 0.25) is 21.6 Å². The Morgan fingerprint density at radius 1 is 0.605 bits per heavy atom. The quantitative estimate of drug-likeness (QED) is 0.0839. The number of benzene rings is 3. The maximum Gasteiger partial charge on any atom is 0.347 e. The Morgan fingerprint density at radius 3 is 1.32 bits per heavy atom. The highest BCUT2D eigenvalue weighted by Crippen LogP contribution is 2.24. The number of hydrogen-bond donors (Lipinski definition) is 3. The van der Waals surface area contributed by atoms with Crippen LogP contribution in [0.25, 0.3) is 5.76 Å². The van der Waals surface area contributed by atoms with Crippen molar-refractivity contribution in [1.82, 2.24) is 15.0 Å². The van der Waals surface area contributed by atoms with Crippen molar-refractivity contribution in [3.05, 3.63) is 96.1 Å². The van der Waals surface area contributed by atoms with Gasteiger partial charge in [0, 0.05) is 50.8 Å². The van der Waals surface area contributed by atoms with Gasteiger partial charge in [0.15, 0.2) is 46.0 Å². The largest absolute Gasteiger partial charge is 0.428 e. The lowest BCUT2D eigenvalue weighted by Crippen LogP contribution is -2.07. The number of carbonyl (C=O) groups is 2. The van der Waals surface area contributed by atoms with Crippen LogP contribution < -0.4 is 16.0 Å². The highest BCUT2D eigenvalue weighted by Gasteiger charge is 2.11. The third kappa shape index (κ3) is 7.50. The minimum absolute atomic E-state index is 0.0512. The molecule has 0 saturated carbocycles. The van der Waals surface area contributed by atoms with Crippen LogP contribution in [-0.2, 0) is 6.13 Å². The molecule has 1 aromatic heterocycles. The minimum atomic E-state index is -0.440. The summed E-state index contributed by atoms with van der Waals surface area (Å²) in [5.74, 6) is 0.919. The Labute approximate surface area is 259 Å². The van der Waals surface area contributed by atoms with Crippen LogP contribution in [0.15, 0.2) is 79.4 Å². The lowest BCUT2D eigenvalue weighted by Gasteiger charge is -2.12. The van der Waals surface area contributed by atoms with E-state index in [2.05, 4.69) is 37.5 Å². The van der Waals surface area contributed by atoms with Crippen molar-refractivity contribution < 1.29 is 15.7 Å². The van der Waals surface area contributed by atoms with E-state index in [1.165, 1.54) is 0 Å². The molecule has 4 rings (SSSR count). The lowest BCUT2D eigenvalue weighted by atomic mass is 10.2. The first kappa shape index (κ1) is 28.0. The first-order valence-corrected chi connectivity index (χ1v) is 13.6. The number of hydrogen-bond acceptors (Lipinski definition) is 10. The van der Waals surface area contributed by atoms with Crippen LogP contribution in [0.4, 0.5) is 34.9 Å². The number of halogens is 3.